The molecule has 0 saturated heterocycles. The fraction of sp³-hybridized carbons (Fsp3) is 0.400. The standard InChI is InChI=1S/C4H8.C/c1-3-4-2;/h3H,1,4H2,2H3;. The van der Waals surface area contributed by atoms with E-state index in [1.54, 1.807) is 0 Å². The topological polar surface area (TPSA) is 0 Å². The molecule has 0 atom stereocenters. The molecule has 0 heterocycles. The first-order chi connectivity index (χ1) is 1.91. The van der Waals surface area contributed by atoms with Crippen molar-refractivity contribution < 1.29 is 0 Å². The zero-order valence-electron chi connectivity index (χ0n) is 3.49. The summed E-state index contributed by atoms with van der Waals surface area (Å²) in [7, 11) is 0. The summed E-state index contributed by atoms with van der Waals surface area (Å²) < 4.78 is 0. The van der Waals surface area contributed by atoms with Crippen LogP contribution in [0.3, 0.4) is 0 Å². The van der Waals surface area contributed by atoms with E-state index >= 15 is 0 Å². The number of allylic oxidation sites excluding steroid dienone is 1. The van der Waals surface area contributed by atoms with Crippen molar-refractivity contribution >= 4 is 0 Å². The highest BCUT2D eigenvalue weighted by Crippen LogP contribution is 1.66. The number of rotatable bonds is 1. The van der Waals surface area contributed by atoms with Gasteiger partial charge in [0.2, 0.25) is 0 Å². The molecule has 0 amide bonds. The lowest BCUT2D eigenvalue weighted by Crippen LogP contribution is -1.36. The molecule has 0 aliphatic heterocycles. The van der Waals surface area contributed by atoms with Gasteiger partial charge in [0.25, 0.3) is 0 Å². The van der Waals surface area contributed by atoms with Crippen LogP contribution in [0.4, 0.5) is 0 Å². The van der Waals surface area contributed by atoms with Crippen molar-refractivity contribution in [2.24, 2.45) is 0 Å². The Hall–Kier alpha value is -0.260. The van der Waals surface area contributed by atoms with Crippen LogP contribution in [-0.2, 0) is 0 Å². The summed E-state index contributed by atoms with van der Waals surface area (Å²) in [4.78, 5) is 0. The average Bonchev–Trinajstić information content (AvgIpc) is 1.37. The van der Waals surface area contributed by atoms with E-state index in [4.69, 9.17) is 0 Å². The highest BCUT2D eigenvalue weighted by molar-refractivity contribution is 4.60. The van der Waals surface area contributed by atoms with Crippen molar-refractivity contribution in [1.29, 1.82) is 0 Å². The molecule has 0 aromatic heterocycles. The summed E-state index contributed by atoms with van der Waals surface area (Å²) >= 11 is 0. The molecule has 0 rings (SSSR count). The van der Waals surface area contributed by atoms with Gasteiger partial charge in [-0.25, -0.2) is 0 Å². The zero-order valence-corrected chi connectivity index (χ0v) is 3.49. The fourth-order valence-corrected chi connectivity index (χ4v) is 0. The van der Waals surface area contributed by atoms with Crippen molar-refractivity contribution in [1.82, 2.24) is 0 Å². The van der Waals surface area contributed by atoms with Gasteiger partial charge < -0.3 is 0 Å². The predicted molar refractivity (Wildman–Crippen MR) is 23.7 cm³/mol. The van der Waals surface area contributed by atoms with Crippen LogP contribution in [0.5, 0.6) is 0 Å². The third-order valence-electron chi connectivity index (χ3n) is 0.289. The molecule has 0 saturated carbocycles. The maximum absolute atomic E-state index is 3.48. The molecule has 4 radical (unpaired) electrons. The fourth-order valence-electron chi connectivity index (χ4n) is 0. The lowest BCUT2D eigenvalue weighted by atomic mass is 10.5. The molecule has 0 heteroatoms. The largest absolute Gasteiger partial charge is 0.103 e. The summed E-state index contributed by atoms with van der Waals surface area (Å²) in [5.41, 5.74) is 0. The zero-order chi connectivity index (χ0) is 3.41. The van der Waals surface area contributed by atoms with Crippen LogP contribution in [0.15, 0.2) is 12.7 Å². The van der Waals surface area contributed by atoms with Crippen LogP contribution in [-0.4, -0.2) is 0 Å². The van der Waals surface area contributed by atoms with Crippen LogP contribution in [0.25, 0.3) is 0 Å². The van der Waals surface area contributed by atoms with E-state index in [1.165, 1.54) is 0 Å². The van der Waals surface area contributed by atoms with Crippen LogP contribution in [0, 0.1) is 7.43 Å². The molecule has 0 spiro atoms. The summed E-state index contributed by atoms with van der Waals surface area (Å²) in [6.45, 7) is 5.54. The van der Waals surface area contributed by atoms with Gasteiger partial charge in [0.05, 0.1) is 0 Å². The number of hydrogen-bond acceptors (Lipinski definition) is 0. The summed E-state index contributed by atoms with van der Waals surface area (Å²) in [6, 6.07) is 0. The van der Waals surface area contributed by atoms with Gasteiger partial charge in [-0.05, 0) is 6.42 Å². The molecule has 5 heavy (non-hydrogen) atoms. The van der Waals surface area contributed by atoms with E-state index in [1.807, 2.05) is 6.08 Å². The van der Waals surface area contributed by atoms with Crippen LogP contribution >= 0.6 is 0 Å². The summed E-state index contributed by atoms with van der Waals surface area (Å²) in [6.07, 6.45) is 2.96. The van der Waals surface area contributed by atoms with E-state index in [0.29, 0.717) is 0 Å². The molecule has 0 N–H and O–H groups in total. The minimum Gasteiger partial charge on any atom is -0.103 e. The normalized spacial score (nSPS) is 5.00. The summed E-state index contributed by atoms with van der Waals surface area (Å²) in [5, 5.41) is 0. The smallest absolute Gasteiger partial charge is 0 e. The molecule has 28 valence electrons. The van der Waals surface area contributed by atoms with Crippen LogP contribution in [0.1, 0.15) is 13.3 Å². The van der Waals surface area contributed by atoms with E-state index in [9.17, 15) is 0 Å². The van der Waals surface area contributed by atoms with Gasteiger partial charge in [0.15, 0.2) is 0 Å². The maximum atomic E-state index is 3.48. The van der Waals surface area contributed by atoms with E-state index in [2.05, 4.69) is 13.5 Å². The molecule has 0 aromatic carbocycles. The monoisotopic (exact) mass is 68.1 g/mol. The maximum Gasteiger partial charge on any atom is 0 e. The molecule has 0 nitrogen and oxygen atoms in total. The first-order valence-electron chi connectivity index (χ1n) is 1.52. The predicted octanol–water partition coefficient (Wildman–Crippen LogP) is 1.66. The van der Waals surface area contributed by atoms with Crippen molar-refractivity contribution in [2.75, 3.05) is 0 Å². The van der Waals surface area contributed by atoms with Crippen molar-refractivity contribution in [3.05, 3.63) is 20.1 Å². The Bertz CT molecular complexity index is 14.0. The Morgan fingerprint density at radius 1 is 1.80 bits per heavy atom. The van der Waals surface area contributed by atoms with E-state index < -0.39 is 0 Å². The lowest BCUT2D eigenvalue weighted by molar-refractivity contribution is 1.23. The molecule has 0 bridgehead atoms. The Labute approximate surface area is 34.5 Å². The van der Waals surface area contributed by atoms with Gasteiger partial charge >= 0.3 is 0 Å². The second-order valence-electron chi connectivity index (χ2n) is 0.697. The van der Waals surface area contributed by atoms with E-state index in [0.717, 1.165) is 6.42 Å². The molecular weight excluding hydrogens is 60.1 g/mol. The van der Waals surface area contributed by atoms with E-state index in [-0.39, 0.29) is 7.43 Å². The van der Waals surface area contributed by atoms with Crippen molar-refractivity contribution in [2.45, 2.75) is 13.3 Å². The Balaban J connectivity index is 0. The van der Waals surface area contributed by atoms with Gasteiger partial charge in [0.1, 0.15) is 0 Å². The van der Waals surface area contributed by atoms with Gasteiger partial charge in [-0.1, -0.05) is 13.0 Å². The van der Waals surface area contributed by atoms with Crippen molar-refractivity contribution in [3.8, 4) is 0 Å². The van der Waals surface area contributed by atoms with Crippen LogP contribution < -0.4 is 0 Å². The van der Waals surface area contributed by atoms with Gasteiger partial charge in [0, 0.05) is 7.43 Å². The van der Waals surface area contributed by atoms with Crippen molar-refractivity contribution in [3.63, 3.8) is 0 Å². The molecule has 0 aliphatic carbocycles. The molecule has 0 unspecified atom stereocenters. The molecule has 0 aliphatic rings. The first kappa shape index (κ1) is 8.83. The second-order valence-corrected chi connectivity index (χ2v) is 0.697. The second kappa shape index (κ2) is 9.27. The third-order valence-corrected chi connectivity index (χ3v) is 0.289. The minimum atomic E-state index is 0. The SMILES string of the molecule is C=CCC.[C]. The third kappa shape index (κ3) is 20.7. The molecule has 0 aromatic rings. The number of hydrogen-bond donors (Lipinski definition) is 0. The molecule has 0 fully saturated rings. The first-order valence-corrected chi connectivity index (χ1v) is 1.52. The summed E-state index contributed by atoms with van der Waals surface area (Å²) in [5.74, 6) is 0. The highest BCUT2D eigenvalue weighted by Gasteiger charge is 1.45. The Kier molecular flexibility index (Phi) is 16.4. The lowest BCUT2D eigenvalue weighted by Gasteiger charge is -1.57. The average molecular weight is 68.1 g/mol. The quantitative estimate of drug-likeness (QED) is 0.410. The van der Waals surface area contributed by atoms with Crippen LogP contribution in [0.2, 0.25) is 0 Å². The van der Waals surface area contributed by atoms with Gasteiger partial charge in [-0.2, -0.15) is 0 Å². The Morgan fingerprint density at radius 2 is 2.00 bits per heavy atom. The van der Waals surface area contributed by atoms with Gasteiger partial charge in [-0.3, -0.25) is 0 Å². The Morgan fingerprint density at radius 3 is 2.00 bits per heavy atom. The minimum absolute atomic E-state index is 0. The highest BCUT2D eigenvalue weighted by atomic mass is 13.5. The van der Waals surface area contributed by atoms with Gasteiger partial charge in [-0.15, -0.1) is 6.58 Å². The molecular formula is C5H8.